The zero-order chi connectivity index (χ0) is 13.2. The number of phenolic OH excluding ortho intramolecular Hbond substituents is 1. The third kappa shape index (κ3) is 2.69. The lowest BCUT2D eigenvalue weighted by Crippen LogP contribution is -2.04. The van der Waals surface area contributed by atoms with Gasteiger partial charge >= 0.3 is 0 Å². The molecule has 2 N–H and O–H groups in total. The molecule has 2 aromatic carbocycles. The first-order valence-corrected chi connectivity index (χ1v) is 6.75. The predicted molar refractivity (Wildman–Crippen MR) is 67.2 cm³/mol. The molecule has 0 atom stereocenters. The van der Waals surface area contributed by atoms with E-state index in [1.54, 1.807) is 0 Å². The molecule has 0 fully saturated rings. The number of benzene rings is 2. The Hall–Kier alpha value is -1.85. The molecule has 2 rings (SSSR count). The van der Waals surface area contributed by atoms with Gasteiger partial charge in [-0.1, -0.05) is 36.4 Å². The van der Waals surface area contributed by atoms with E-state index in [1.165, 1.54) is 18.2 Å². The van der Waals surface area contributed by atoms with Crippen molar-refractivity contribution in [2.45, 2.75) is 11.3 Å². The van der Waals surface area contributed by atoms with Crippen molar-refractivity contribution in [2.75, 3.05) is 0 Å². The van der Waals surface area contributed by atoms with Crippen LogP contribution in [0.1, 0.15) is 11.1 Å². The lowest BCUT2D eigenvalue weighted by Gasteiger charge is -2.09. The monoisotopic (exact) mass is 264 g/mol. The van der Waals surface area contributed by atoms with E-state index in [1.807, 2.05) is 30.3 Å². The largest absolute Gasteiger partial charge is 0.508 e. The van der Waals surface area contributed by atoms with Gasteiger partial charge in [0.15, 0.2) is 0 Å². The number of hydrogen-bond acceptors (Lipinski definition) is 3. The van der Waals surface area contributed by atoms with E-state index in [2.05, 4.69) is 0 Å². The lowest BCUT2D eigenvalue weighted by molar-refractivity contribution is 0.459. The fourth-order valence-corrected chi connectivity index (χ4v) is 2.51. The second-order valence-corrected chi connectivity index (χ2v) is 5.28. The molecule has 0 aromatic heterocycles. The Morgan fingerprint density at radius 2 is 1.61 bits per heavy atom. The summed E-state index contributed by atoms with van der Waals surface area (Å²) in [4.78, 5) is -0.258. The molecule has 0 aliphatic rings. The van der Waals surface area contributed by atoms with Crippen molar-refractivity contribution < 1.29 is 18.1 Å². The molecule has 0 aliphatic heterocycles. The van der Waals surface area contributed by atoms with Gasteiger partial charge in [0.1, 0.15) is 10.6 Å². The normalized spacial score (nSPS) is 11.4. The van der Waals surface area contributed by atoms with Gasteiger partial charge in [0.05, 0.1) is 0 Å². The first-order valence-electron chi connectivity index (χ1n) is 5.31. The molecule has 5 heteroatoms. The Bertz CT molecular complexity index is 648. The van der Waals surface area contributed by atoms with E-state index in [4.69, 9.17) is 4.55 Å². The van der Waals surface area contributed by atoms with Crippen molar-refractivity contribution in [3.8, 4) is 5.75 Å². The second-order valence-electron chi connectivity index (χ2n) is 3.89. The summed E-state index contributed by atoms with van der Waals surface area (Å²) in [6.07, 6.45) is 0.239. The summed E-state index contributed by atoms with van der Waals surface area (Å²) in [5.74, 6) is -0.144. The first kappa shape index (κ1) is 12.6. The fourth-order valence-electron chi connectivity index (χ4n) is 1.77. The van der Waals surface area contributed by atoms with Crippen LogP contribution in [0.25, 0.3) is 0 Å². The molecule has 0 saturated heterocycles. The van der Waals surface area contributed by atoms with Crippen LogP contribution in [0, 0.1) is 0 Å². The van der Waals surface area contributed by atoms with Gasteiger partial charge in [-0.2, -0.15) is 8.42 Å². The summed E-state index contributed by atoms with van der Waals surface area (Å²) < 4.78 is 31.6. The minimum absolute atomic E-state index is 0.144. The van der Waals surface area contributed by atoms with Crippen molar-refractivity contribution in [1.29, 1.82) is 0 Å². The average molecular weight is 264 g/mol. The Labute approximate surface area is 105 Å². The van der Waals surface area contributed by atoms with E-state index < -0.39 is 10.1 Å². The molecule has 0 bridgehead atoms. The topological polar surface area (TPSA) is 74.6 Å². The van der Waals surface area contributed by atoms with Crippen LogP contribution in [0.4, 0.5) is 0 Å². The summed E-state index contributed by atoms with van der Waals surface area (Å²) in [5, 5.41) is 9.74. The van der Waals surface area contributed by atoms with Crippen LogP contribution in [0.3, 0.4) is 0 Å². The summed E-state index contributed by atoms with van der Waals surface area (Å²) in [5.41, 5.74) is 1.05. The molecule has 4 nitrogen and oxygen atoms in total. The van der Waals surface area contributed by atoms with Crippen LogP contribution in [0.15, 0.2) is 53.4 Å². The smallest absolute Gasteiger partial charge is 0.294 e. The Kier molecular flexibility index (Phi) is 3.36. The summed E-state index contributed by atoms with van der Waals surface area (Å²) in [6.45, 7) is 0. The quantitative estimate of drug-likeness (QED) is 0.834. The molecule has 94 valence electrons. The maximum absolute atomic E-state index is 11.2. The first-order chi connectivity index (χ1) is 8.48. The molecule has 0 aliphatic carbocycles. The van der Waals surface area contributed by atoms with Gasteiger partial charge in [-0.05, 0) is 17.7 Å². The van der Waals surface area contributed by atoms with Crippen molar-refractivity contribution in [3.05, 3.63) is 59.7 Å². The van der Waals surface area contributed by atoms with Crippen molar-refractivity contribution in [3.63, 3.8) is 0 Å². The summed E-state index contributed by atoms with van der Waals surface area (Å²) in [7, 11) is -4.34. The molecule has 0 radical (unpaired) electrons. The highest BCUT2D eigenvalue weighted by Gasteiger charge is 2.18. The van der Waals surface area contributed by atoms with E-state index in [-0.39, 0.29) is 22.6 Å². The zero-order valence-corrected chi connectivity index (χ0v) is 10.3. The molecule has 0 heterocycles. The van der Waals surface area contributed by atoms with Gasteiger partial charge in [0.25, 0.3) is 10.1 Å². The van der Waals surface area contributed by atoms with Crippen LogP contribution in [0.2, 0.25) is 0 Å². The number of rotatable bonds is 3. The van der Waals surface area contributed by atoms with Crippen molar-refractivity contribution in [1.82, 2.24) is 0 Å². The van der Waals surface area contributed by atoms with Crippen molar-refractivity contribution >= 4 is 10.1 Å². The lowest BCUT2D eigenvalue weighted by atomic mass is 10.0. The summed E-state index contributed by atoms with van der Waals surface area (Å²) in [6, 6.07) is 13.2. The van der Waals surface area contributed by atoms with Gasteiger partial charge in [-0.3, -0.25) is 4.55 Å². The Morgan fingerprint density at radius 1 is 0.944 bits per heavy atom. The van der Waals surface area contributed by atoms with Crippen LogP contribution >= 0.6 is 0 Å². The molecule has 0 saturated carbocycles. The molecule has 18 heavy (non-hydrogen) atoms. The van der Waals surface area contributed by atoms with Gasteiger partial charge in [0.2, 0.25) is 0 Å². The Morgan fingerprint density at radius 3 is 2.22 bits per heavy atom. The highest BCUT2D eigenvalue weighted by molar-refractivity contribution is 7.85. The van der Waals surface area contributed by atoms with Crippen LogP contribution in [-0.2, 0) is 16.5 Å². The van der Waals surface area contributed by atoms with Crippen LogP contribution < -0.4 is 0 Å². The SMILES string of the molecule is O=S(=O)(O)c1cccc(O)c1Cc1ccccc1. The predicted octanol–water partition coefficient (Wildman–Crippen LogP) is 2.23. The average Bonchev–Trinajstić information content (AvgIpc) is 2.32. The summed E-state index contributed by atoms with van der Waals surface area (Å²) >= 11 is 0. The van der Waals surface area contributed by atoms with E-state index in [0.717, 1.165) is 5.56 Å². The highest BCUT2D eigenvalue weighted by Crippen LogP contribution is 2.27. The van der Waals surface area contributed by atoms with E-state index in [0.29, 0.717) is 0 Å². The van der Waals surface area contributed by atoms with Crippen LogP contribution in [-0.4, -0.2) is 18.1 Å². The number of aromatic hydroxyl groups is 1. The second kappa shape index (κ2) is 4.80. The molecular formula is C13H12O4S. The maximum atomic E-state index is 11.2. The van der Waals surface area contributed by atoms with Gasteiger partial charge in [-0.25, -0.2) is 0 Å². The van der Waals surface area contributed by atoms with E-state index in [9.17, 15) is 13.5 Å². The molecule has 2 aromatic rings. The molecule has 0 amide bonds. The van der Waals surface area contributed by atoms with Crippen molar-refractivity contribution in [2.24, 2.45) is 0 Å². The maximum Gasteiger partial charge on any atom is 0.294 e. The Balaban J connectivity index is 2.51. The number of phenols is 1. The number of hydrogen-bond donors (Lipinski definition) is 2. The standard InChI is InChI=1S/C13H12O4S/c14-12-7-4-8-13(18(15,16)17)11(12)9-10-5-2-1-3-6-10/h1-8,14H,9H2,(H,15,16,17). The van der Waals surface area contributed by atoms with Gasteiger partial charge < -0.3 is 5.11 Å². The van der Waals surface area contributed by atoms with Gasteiger partial charge in [0, 0.05) is 12.0 Å². The third-order valence-electron chi connectivity index (χ3n) is 2.61. The minimum atomic E-state index is -4.34. The third-order valence-corrected chi connectivity index (χ3v) is 3.55. The highest BCUT2D eigenvalue weighted by atomic mass is 32.2. The van der Waals surface area contributed by atoms with Gasteiger partial charge in [-0.15, -0.1) is 0 Å². The zero-order valence-electron chi connectivity index (χ0n) is 9.45. The van der Waals surface area contributed by atoms with Crippen LogP contribution in [0.5, 0.6) is 5.75 Å². The molecular weight excluding hydrogens is 252 g/mol. The van der Waals surface area contributed by atoms with E-state index >= 15 is 0 Å². The minimum Gasteiger partial charge on any atom is -0.508 e. The fraction of sp³-hybridized carbons (Fsp3) is 0.0769. The molecule has 0 spiro atoms. The molecule has 0 unspecified atom stereocenters.